The van der Waals surface area contributed by atoms with Crippen LogP contribution in [0.2, 0.25) is 0 Å². The van der Waals surface area contributed by atoms with Gasteiger partial charge in [-0.2, -0.15) is 0 Å². The van der Waals surface area contributed by atoms with Gasteiger partial charge in [-0.05, 0) is 51.4 Å². The first-order valence-corrected chi connectivity index (χ1v) is 25.6. The summed E-state index contributed by atoms with van der Waals surface area (Å²) in [6.45, 7) is 3.39. The monoisotopic (exact) mass is 855 g/mol. The van der Waals surface area contributed by atoms with Gasteiger partial charge in [0.1, 0.15) is 12.2 Å². The lowest BCUT2D eigenvalue weighted by atomic mass is 10.0. The van der Waals surface area contributed by atoms with Crippen LogP contribution in [0, 0.1) is 0 Å². The fraction of sp³-hybridized carbons (Fsp3) is 0.816. The van der Waals surface area contributed by atoms with E-state index in [1.165, 1.54) is 109 Å². The molecule has 59 heavy (non-hydrogen) atoms. The van der Waals surface area contributed by atoms with E-state index in [4.69, 9.17) is 23.6 Å². The maximum absolute atomic E-state index is 12.7. The van der Waals surface area contributed by atoms with E-state index in [9.17, 15) is 19.4 Å². The second kappa shape index (κ2) is 45.9. The third-order valence-electron chi connectivity index (χ3n) is 10.3. The molecule has 3 N–H and O–H groups in total. The molecule has 9 nitrogen and oxygen atoms in total. The van der Waals surface area contributed by atoms with Crippen molar-refractivity contribution in [2.24, 2.45) is 0 Å². The van der Waals surface area contributed by atoms with Crippen molar-refractivity contribution < 1.29 is 43.0 Å². The van der Waals surface area contributed by atoms with Crippen LogP contribution < -0.4 is 0 Å². The van der Waals surface area contributed by atoms with Crippen LogP contribution in [0.15, 0.2) is 48.6 Å². The minimum atomic E-state index is -4.53. The van der Waals surface area contributed by atoms with Crippen LogP contribution in [0.3, 0.4) is 0 Å². The summed E-state index contributed by atoms with van der Waals surface area (Å²) in [5.74, 6) is -0.387. The molecule has 0 radical (unpaired) electrons. The molecule has 0 saturated carbocycles. The molecule has 3 unspecified atom stereocenters. The number of ether oxygens (including phenoxy) is 2. The second-order valence-electron chi connectivity index (χ2n) is 16.1. The summed E-state index contributed by atoms with van der Waals surface area (Å²) in [6, 6.07) is 0. The fourth-order valence-corrected chi connectivity index (χ4v) is 7.43. The van der Waals surface area contributed by atoms with E-state index in [1.54, 1.807) is 0 Å². The van der Waals surface area contributed by atoms with Gasteiger partial charge in [0.2, 0.25) is 0 Å². The number of phosphoric acid groups is 1. The number of unbranched alkanes of at least 4 members (excludes halogenated alkanes) is 24. The Morgan fingerprint density at radius 1 is 0.542 bits per heavy atom. The number of hydrogen-bond donors (Lipinski definition) is 3. The maximum atomic E-state index is 12.7. The van der Waals surface area contributed by atoms with Crippen molar-refractivity contribution in [3.05, 3.63) is 48.6 Å². The first-order chi connectivity index (χ1) is 28.8. The Morgan fingerprint density at radius 3 is 1.46 bits per heavy atom. The molecule has 0 bridgehead atoms. The van der Waals surface area contributed by atoms with E-state index in [0.29, 0.717) is 6.61 Å². The van der Waals surface area contributed by atoms with E-state index in [2.05, 4.69) is 62.5 Å². The van der Waals surface area contributed by atoms with Crippen molar-refractivity contribution in [3.63, 3.8) is 0 Å². The molecule has 0 amide bonds. The lowest BCUT2D eigenvalue weighted by Crippen LogP contribution is -2.29. The summed E-state index contributed by atoms with van der Waals surface area (Å²) in [4.78, 5) is 22.7. The quantitative estimate of drug-likeness (QED) is 0.0237. The lowest BCUT2D eigenvalue weighted by Gasteiger charge is -2.20. The fourth-order valence-electron chi connectivity index (χ4n) is 6.64. The highest BCUT2D eigenvalue weighted by Gasteiger charge is 2.26. The average Bonchev–Trinajstić information content (AvgIpc) is 3.23. The number of carbonyl (C=O) groups excluding carboxylic acids is 1. The molecule has 0 fully saturated rings. The van der Waals surface area contributed by atoms with Crippen molar-refractivity contribution in [2.45, 2.75) is 225 Å². The van der Waals surface area contributed by atoms with E-state index >= 15 is 0 Å². The second-order valence-corrected chi connectivity index (χ2v) is 17.6. The molecule has 10 heteroatoms. The van der Waals surface area contributed by atoms with Gasteiger partial charge in [-0.3, -0.25) is 13.8 Å². The van der Waals surface area contributed by atoms with Crippen LogP contribution in [0.25, 0.3) is 0 Å². The van der Waals surface area contributed by atoms with E-state index in [-0.39, 0.29) is 25.6 Å². The maximum Gasteiger partial charge on any atom is 0.472 e. The molecule has 346 valence electrons. The van der Waals surface area contributed by atoms with Crippen molar-refractivity contribution in [1.29, 1.82) is 0 Å². The zero-order chi connectivity index (χ0) is 43.2. The summed E-state index contributed by atoms with van der Waals surface area (Å²) >= 11 is 0. The number of aliphatic hydroxyl groups excluding tert-OH is 2. The van der Waals surface area contributed by atoms with E-state index in [1.807, 2.05) is 0 Å². The third-order valence-corrected chi connectivity index (χ3v) is 11.2. The van der Waals surface area contributed by atoms with Crippen LogP contribution in [-0.4, -0.2) is 66.3 Å². The Kier molecular flexibility index (Phi) is 44.7. The first-order valence-electron chi connectivity index (χ1n) is 24.1. The van der Waals surface area contributed by atoms with Crippen molar-refractivity contribution in [2.75, 3.05) is 33.0 Å². The summed E-state index contributed by atoms with van der Waals surface area (Å²) in [7, 11) is -4.53. The number of esters is 1. The topological polar surface area (TPSA) is 132 Å². The molecule has 0 aliphatic carbocycles. The van der Waals surface area contributed by atoms with Gasteiger partial charge in [-0.15, -0.1) is 0 Å². The van der Waals surface area contributed by atoms with Crippen LogP contribution in [0.4, 0.5) is 0 Å². The molecule has 0 aromatic rings. The van der Waals surface area contributed by atoms with Gasteiger partial charge < -0.3 is 24.6 Å². The van der Waals surface area contributed by atoms with E-state index in [0.717, 1.165) is 83.5 Å². The number of allylic oxidation sites excluding steroid dienone is 8. The molecular weight excluding hydrogens is 764 g/mol. The summed E-state index contributed by atoms with van der Waals surface area (Å²) in [5.41, 5.74) is 0. The van der Waals surface area contributed by atoms with Gasteiger partial charge in [0.05, 0.1) is 26.4 Å². The molecule has 0 aliphatic heterocycles. The SMILES string of the molecule is CC/C=C\C/C=C\C/C=C\C/C=C\CCCCCCCOCC(COP(=O)(O)OCC(O)CO)OC(=O)CCCCCCCCCCCCCCCCCCCCCC. The highest BCUT2D eigenvalue weighted by Crippen LogP contribution is 2.43. The van der Waals surface area contributed by atoms with Gasteiger partial charge in [-0.25, -0.2) is 4.57 Å². The molecule has 0 aliphatic rings. The smallest absolute Gasteiger partial charge is 0.457 e. The van der Waals surface area contributed by atoms with Crippen molar-refractivity contribution >= 4 is 13.8 Å². The zero-order valence-corrected chi connectivity index (χ0v) is 38.9. The predicted octanol–water partition coefficient (Wildman–Crippen LogP) is 13.8. The number of phosphoric ester groups is 1. The molecule has 0 aromatic carbocycles. The highest BCUT2D eigenvalue weighted by molar-refractivity contribution is 7.47. The van der Waals surface area contributed by atoms with Crippen LogP contribution >= 0.6 is 7.82 Å². The zero-order valence-electron chi connectivity index (χ0n) is 38.0. The van der Waals surface area contributed by atoms with Gasteiger partial charge in [0.15, 0.2) is 0 Å². The standard InChI is InChI=1S/C49H91O9P/c1-3-5-7-9-11-13-15-17-19-21-23-24-25-27-29-31-33-35-37-39-41-49(52)58-48(46-57-59(53,54)56-44-47(51)43-50)45-55-42-40-38-36-34-32-30-28-26-22-20-18-16-14-12-10-8-6-4-2/h6,8,12,14,18,20,26,28,47-48,50-51H,3-5,7,9-11,13,15-17,19,21-25,27,29-46H2,1-2H3,(H,53,54)/b8-6-,14-12-,20-18-,28-26-. The number of aliphatic hydroxyl groups is 2. The Hall–Kier alpha value is -1.58. The minimum Gasteiger partial charge on any atom is -0.457 e. The number of rotatable bonds is 46. The molecule has 3 atom stereocenters. The summed E-state index contributed by atoms with van der Waals surface area (Å²) in [5, 5.41) is 18.4. The Morgan fingerprint density at radius 2 is 0.966 bits per heavy atom. The largest absolute Gasteiger partial charge is 0.472 e. The van der Waals surface area contributed by atoms with Gasteiger partial charge in [0, 0.05) is 13.0 Å². The third kappa shape index (κ3) is 45.8. The molecule has 0 aromatic heterocycles. The highest BCUT2D eigenvalue weighted by atomic mass is 31.2. The molecular formula is C49H91O9P. The first kappa shape index (κ1) is 57.4. The van der Waals surface area contributed by atoms with Crippen molar-refractivity contribution in [3.8, 4) is 0 Å². The average molecular weight is 855 g/mol. The molecule has 0 heterocycles. The van der Waals surface area contributed by atoms with Gasteiger partial charge in [0.25, 0.3) is 0 Å². The predicted molar refractivity (Wildman–Crippen MR) is 247 cm³/mol. The van der Waals surface area contributed by atoms with Gasteiger partial charge in [-0.1, -0.05) is 204 Å². The lowest BCUT2D eigenvalue weighted by molar-refractivity contribution is -0.154. The van der Waals surface area contributed by atoms with Crippen LogP contribution in [-0.2, 0) is 27.9 Å². The Bertz CT molecular complexity index is 1060. The Balaban J connectivity index is 4.12. The van der Waals surface area contributed by atoms with Crippen molar-refractivity contribution in [1.82, 2.24) is 0 Å². The van der Waals surface area contributed by atoms with Crippen LogP contribution in [0.5, 0.6) is 0 Å². The summed E-state index contributed by atoms with van der Waals surface area (Å²) in [6.07, 6.45) is 52.2. The van der Waals surface area contributed by atoms with Gasteiger partial charge >= 0.3 is 13.8 Å². The summed E-state index contributed by atoms with van der Waals surface area (Å²) < 4.78 is 33.5. The molecule has 0 saturated heterocycles. The van der Waals surface area contributed by atoms with Crippen LogP contribution in [0.1, 0.15) is 213 Å². The number of carbonyl (C=O) groups is 1. The molecule has 0 rings (SSSR count). The minimum absolute atomic E-state index is 0.0378. The molecule has 0 spiro atoms. The Labute approximate surface area is 362 Å². The van der Waals surface area contributed by atoms with E-state index < -0.39 is 33.2 Å². The number of hydrogen-bond acceptors (Lipinski definition) is 8. The normalized spacial score (nSPS) is 14.3.